The zero-order chi connectivity index (χ0) is 18.7. The van der Waals surface area contributed by atoms with Gasteiger partial charge in [-0.15, -0.1) is 0 Å². The molecule has 0 aliphatic rings. The summed E-state index contributed by atoms with van der Waals surface area (Å²) in [7, 11) is 1.52. The monoisotopic (exact) mass is 348 g/mol. The van der Waals surface area contributed by atoms with E-state index in [0.29, 0.717) is 23.7 Å². The van der Waals surface area contributed by atoms with Gasteiger partial charge >= 0.3 is 11.9 Å². The first-order chi connectivity index (χ1) is 12.0. The first kappa shape index (κ1) is 20.3. The zero-order valence-corrected chi connectivity index (χ0v) is 14.9. The van der Waals surface area contributed by atoms with E-state index in [1.165, 1.54) is 13.2 Å². The number of carbonyl (C=O) groups excluding carboxylic acids is 2. The van der Waals surface area contributed by atoms with Crippen molar-refractivity contribution >= 4 is 18.0 Å². The Balaban J connectivity index is 2.59. The molecule has 1 aromatic rings. The molecule has 0 heterocycles. The van der Waals surface area contributed by atoms with E-state index in [2.05, 4.69) is 6.58 Å². The van der Waals surface area contributed by atoms with Gasteiger partial charge in [-0.05, 0) is 37.1 Å². The minimum atomic E-state index is -0.453. The highest BCUT2D eigenvalue weighted by atomic mass is 16.6. The Labute approximate surface area is 148 Å². The Morgan fingerprint density at radius 3 is 2.52 bits per heavy atom. The highest BCUT2D eigenvalue weighted by Gasteiger charge is 2.07. The van der Waals surface area contributed by atoms with E-state index < -0.39 is 5.97 Å². The molecule has 0 fully saturated rings. The lowest BCUT2D eigenvalue weighted by Crippen LogP contribution is -2.12. The summed E-state index contributed by atoms with van der Waals surface area (Å²) in [6.45, 7) is 7.71. The van der Waals surface area contributed by atoms with Crippen LogP contribution in [0.5, 0.6) is 11.5 Å². The predicted molar refractivity (Wildman–Crippen MR) is 94.5 cm³/mol. The molecule has 6 nitrogen and oxygen atoms in total. The van der Waals surface area contributed by atoms with Crippen LogP contribution in [0.3, 0.4) is 0 Å². The van der Waals surface area contributed by atoms with Crippen molar-refractivity contribution in [2.24, 2.45) is 0 Å². The molecule has 1 aromatic carbocycles. The van der Waals surface area contributed by atoms with E-state index in [1.54, 1.807) is 31.2 Å². The van der Waals surface area contributed by atoms with Crippen molar-refractivity contribution in [2.75, 3.05) is 26.9 Å². The Kier molecular flexibility index (Phi) is 8.85. The molecule has 1 rings (SSSR count). The van der Waals surface area contributed by atoms with Gasteiger partial charge in [0.2, 0.25) is 0 Å². The van der Waals surface area contributed by atoms with E-state index >= 15 is 0 Å². The van der Waals surface area contributed by atoms with Crippen LogP contribution < -0.4 is 9.47 Å². The third kappa shape index (κ3) is 7.56. The molecular formula is C19H24O6. The summed E-state index contributed by atoms with van der Waals surface area (Å²) < 4.78 is 20.7. The van der Waals surface area contributed by atoms with Crippen LogP contribution in [0.25, 0.3) is 6.08 Å². The molecule has 0 unspecified atom stereocenters. The zero-order valence-electron chi connectivity index (χ0n) is 14.9. The number of carbonyl (C=O) groups is 2. The minimum Gasteiger partial charge on any atom is -0.493 e. The van der Waals surface area contributed by atoms with Crippen LogP contribution in [0.2, 0.25) is 0 Å². The van der Waals surface area contributed by atoms with Crippen LogP contribution in [0.1, 0.15) is 25.8 Å². The van der Waals surface area contributed by atoms with Gasteiger partial charge in [-0.1, -0.05) is 19.6 Å². The average Bonchev–Trinajstić information content (AvgIpc) is 2.61. The summed E-state index contributed by atoms with van der Waals surface area (Å²) in [5.41, 5.74) is 1.11. The third-order valence-electron chi connectivity index (χ3n) is 2.97. The van der Waals surface area contributed by atoms with Gasteiger partial charge in [-0.2, -0.15) is 0 Å². The number of rotatable bonds is 10. The van der Waals surface area contributed by atoms with E-state index in [4.69, 9.17) is 18.9 Å². The molecule has 0 aliphatic heterocycles. The van der Waals surface area contributed by atoms with Gasteiger partial charge in [0.1, 0.15) is 13.2 Å². The number of esters is 2. The highest BCUT2D eigenvalue weighted by molar-refractivity contribution is 5.87. The lowest BCUT2D eigenvalue weighted by atomic mass is 10.2. The number of methoxy groups -OCH3 is 1. The Morgan fingerprint density at radius 1 is 1.12 bits per heavy atom. The van der Waals surface area contributed by atoms with Gasteiger partial charge in [0.15, 0.2) is 11.5 Å². The molecular weight excluding hydrogens is 324 g/mol. The molecule has 136 valence electrons. The summed E-state index contributed by atoms with van der Waals surface area (Å²) in [5, 5.41) is 0. The van der Waals surface area contributed by atoms with Crippen LogP contribution in [-0.4, -0.2) is 38.9 Å². The van der Waals surface area contributed by atoms with Crippen molar-refractivity contribution < 1.29 is 28.5 Å². The Bertz CT molecular complexity index is 633. The molecule has 0 saturated heterocycles. The minimum absolute atomic E-state index is 0.111. The fourth-order valence-corrected chi connectivity index (χ4v) is 1.73. The standard InChI is InChI=1S/C19H24O6/c1-5-10-24-18(20)9-7-15-6-8-16(17(13-15)22-4)23-11-12-25-19(21)14(2)3/h6-9,13H,2,5,10-12H2,1,3-4H3/b9-7+. The summed E-state index contributed by atoms with van der Waals surface area (Å²) in [5.74, 6) is 0.182. The molecule has 0 saturated carbocycles. The second kappa shape index (κ2) is 10.9. The maximum absolute atomic E-state index is 11.5. The van der Waals surface area contributed by atoms with E-state index in [0.717, 1.165) is 12.0 Å². The number of hydrogen-bond donors (Lipinski definition) is 0. The molecule has 6 heteroatoms. The van der Waals surface area contributed by atoms with Crippen LogP contribution in [0.15, 0.2) is 36.4 Å². The van der Waals surface area contributed by atoms with Crippen molar-refractivity contribution in [3.05, 3.63) is 42.0 Å². The van der Waals surface area contributed by atoms with Gasteiger partial charge in [-0.3, -0.25) is 0 Å². The maximum Gasteiger partial charge on any atom is 0.333 e. The molecule has 0 spiro atoms. The molecule has 0 aromatic heterocycles. The molecule has 25 heavy (non-hydrogen) atoms. The summed E-state index contributed by atoms with van der Waals surface area (Å²) >= 11 is 0. The first-order valence-electron chi connectivity index (χ1n) is 7.96. The van der Waals surface area contributed by atoms with Crippen LogP contribution in [0.4, 0.5) is 0 Å². The molecule has 0 N–H and O–H groups in total. The molecule has 0 amide bonds. The van der Waals surface area contributed by atoms with Crippen LogP contribution >= 0.6 is 0 Å². The molecule has 0 aliphatic carbocycles. The fourth-order valence-electron chi connectivity index (χ4n) is 1.73. The largest absolute Gasteiger partial charge is 0.493 e. The third-order valence-corrected chi connectivity index (χ3v) is 2.97. The average molecular weight is 348 g/mol. The lowest BCUT2D eigenvalue weighted by molar-refractivity contribution is -0.140. The smallest absolute Gasteiger partial charge is 0.333 e. The number of ether oxygens (including phenoxy) is 4. The topological polar surface area (TPSA) is 71.1 Å². The van der Waals surface area contributed by atoms with Gasteiger partial charge in [0, 0.05) is 11.6 Å². The first-order valence-corrected chi connectivity index (χ1v) is 7.96. The van der Waals surface area contributed by atoms with Crippen molar-refractivity contribution in [1.29, 1.82) is 0 Å². The van der Waals surface area contributed by atoms with Gasteiger partial charge in [0.05, 0.1) is 13.7 Å². The summed E-state index contributed by atoms with van der Waals surface area (Å²) in [6, 6.07) is 5.23. The van der Waals surface area contributed by atoms with Gasteiger partial charge < -0.3 is 18.9 Å². The predicted octanol–water partition coefficient (Wildman–Crippen LogP) is 3.16. The fraction of sp³-hybridized carbons (Fsp3) is 0.368. The highest BCUT2D eigenvalue weighted by Crippen LogP contribution is 2.28. The molecule has 0 bridgehead atoms. The van der Waals surface area contributed by atoms with Crippen molar-refractivity contribution in [2.45, 2.75) is 20.3 Å². The SMILES string of the molecule is C=C(C)C(=O)OCCOc1ccc(/C=C/C(=O)OCCC)cc1OC. The van der Waals surface area contributed by atoms with Crippen LogP contribution in [-0.2, 0) is 19.1 Å². The second-order valence-corrected chi connectivity index (χ2v) is 5.18. The van der Waals surface area contributed by atoms with Crippen molar-refractivity contribution in [3.8, 4) is 11.5 Å². The number of hydrogen-bond acceptors (Lipinski definition) is 6. The van der Waals surface area contributed by atoms with Gasteiger partial charge in [-0.25, -0.2) is 9.59 Å². The van der Waals surface area contributed by atoms with Crippen molar-refractivity contribution in [3.63, 3.8) is 0 Å². The lowest BCUT2D eigenvalue weighted by Gasteiger charge is -2.11. The Hall–Kier alpha value is -2.76. The number of benzene rings is 1. The van der Waals surface area contributed by atoms with Crippen molar-refractivity contribution in [1.82, 2.24) is 0 Å². The maximum atomic E-state index is 11.5. The van der Waals surface area contributed by atoms with Crippen LogP contribution in [0, 0.1) is 0 Å². The Morgan fingerprint density at radius 2 is 1.88 bits per heavy atom. The van der Waals surface area contributed by atoms with E-state index in [-0.39, 0.29) is 19.2 Å². The summed E-state index contributed by atoms with van der Waals surface area (Å²) in [6.07, 6.45) is 3.78. The van der Waals surface area contributed by atoms with Gasteiger partial charge in [0.25, 0.3) is 0 Å². The quantitative estimate of drug-likeness (QED) is 0.367. The van der Waals surface area contributed by atoms with E-state index in [9.17, 15) is 9.59 Å². The molecule has 0 atom stereocenters. The normalized spacial score (nSPS) is 10.4. The second-order valence-electron chi connectivity index (χ2n) is 5.18. The van der Waals surface area contributed by atoms with E-state index in [1.807, 2.05) is 6.92 Å². The summed E-state index contributed by atoms with van der Waals surface area (Å²) in [4.78, 5) is 22.7. The molecule has 0 radical (unpaired) electrons.